The Morgan fingerprint density at radius 3 is 2.60 bits per heavy atom. The number of hydrogen-bond donors (Lipinski definition) is 1. The summed E-state index contributed by atoms with van der Waals surface area (Å²) in [6.45, 7) is 7.17. The first kappa shape index (κ1) is 15.3. The van der Waals surface area contributed by atoms with Gasteiger partial charge in [-0.1, -0.05) is 19.8 Å². The van der Waals surface area contributed by atoms with Crippen LogP contribution in [0.15, 0.2) is 4.99 Å². The predicted molar refractivity (Wildman–Crippen MR) is 86.5 cm³/mol. The van der Waals surface area contributed by atoms with E-state index in [1.807, 2.05) is 0 Å². The van der Waals surface area contributed by atoms with Crippen LogP contribution in [0.1, 0.15) is 48.2 Å². The third kappa shape index (κ3) is 4.20. The first-order chi connectivity index (χ1) is 9.70. The summed E-state index contributed by atoms with van der Waals surface area (Å²) < 4.78 is 0. The van der Waals surface area contributed by atoms with Crippen molar-refractivity contribution in [1.82, 2.24) is 9.88 Å². The molecule has 0 saturated carbocycles. The van der Waals surface area contributed by atoms with Gasteiger partial charge in [0, 0.05) is 30.9 Å². The van der Waals surface area contributed by atoms with Crippen LogP contribution in [0.2, 0.25) is 0 Å². The van der Waals surface area contributed by atoms with Gasteiger partial charge in [-0.15, -0.1) is 11.3 Å². The average Bonchev–Trinajstić information content (AvgIpc) is 2.66. The lowest BCUT2D eigenvalue weighted by molar-refractivity contribution is 0.428. The highest BCUT2D eigenvalue weighted by molar-refractivity contribution is 7.11. The van der Waals surface area contributed by atoms with Gasteiger partial charge in [0.1, 0.15) is 0 Å². The average molecular weight is 294 g/mol. The smallest absolute Gasteiger partial charge is 0.191 e. The van der Waals surface area contributed by atoms with Crippen LogP contribution >= 0.6 is 11.3 Å². The first-order valence-corrected chi connectivity index (χ1v) is 8.52. The van der Waals surface area contributed by atoms with Crippen LogP contribution in [0.5, 0.6) is 0 Å². The number of nitrogens with two attached hydrogens (primary N) is 1. The van der Waals surface area contributed by atoms with Crippen LogP contribution in [0.3, 0.4) is 0 Å². The van der Waals surface area contributed by atoms with Crippen LogP contribution in [0.4, 0.5) is 0 Å². The number of guanidine groups is 1. The van der Waals surface area contributed by atoms with Crippen LogP contribution in [-0.4, -0.2) is 35.5 Å². The molecule has 20 heavy (non-hydrogen) atoms. The lowest BCUT2D eigenvalue weighted by Gasteiger charge is -2.20. The number of likely N-dealkylation sites (tertiary alicyclic amines) is 1. The Morgan fingerprint density at radius 1 is 1.30 bits per heavy atom. The van der Waals surface area contributed by atoms with Crippen molar-refractivity contribution in [3.8, 4) is 0 Å². The van der Waals surface area contributed by atoms with E-state index in [4.69, 9.17) is 5.73 Å². The number of thiazole rings is 1. The molecule has 0 radical (unpaired) electrons. The number of aromatic nitrogens is 1. The molecule has 2 rings (SSSR count). The second kappa shape index (κ2) is 7.62. The minimum Gasteiger partial charge on any atom is -0.370 e. The Morgan fingerprint density at radius 2 is 2.00 bits per heavy atom. The van der Waals surface area contributed by atoms with E-state index in [9.17, 15) is 0 Å². The van der Waals surface area contributed by atoms with E-state index in [2.05, 4.69) is 28.7 Å². The van der Waals surface area contributed by atoms with Crippen molar-refractivity contribution in [3.63, 3.8) is 0 Å². The molecular formula is C15H26N4S. The van der Waals surface area contributed by atoms with E-state index in [0.29, 0.717) is 0 Å². The predicted octanol–water partition coefficient (Wildman–Crippen LogP) is 2.75. The standard InChI is InChI=1S/C15H26N4S/c1-3-13-12(2)20-14(18-13)8-9-17-15(16)19-10-6-4-5-7-11-19/h3-11H2,1-2H3,(H2,16,17). The summed E-state index contributed by atoms with van der Waals surface area (Å²) >= 11 is 1.79. The fraction of sp³-hybridized carbons (Fsp3) is 0.733. The summed E-state index contributed by atoms with van der Waals surface area (Å²) in [5, 5.41) is 1.19. The molecule has 1 aliphatic rings. The molecule has 0 unspecified atom stereocenters. The van der Waals surface area contributed by atoms with Gasteiger partial charge in [0.2, 0.25) is 0 Å². The lowest BCUT2D eigenvalue weighted by Crippen LogP contribution is -2.38. The summed E-state index contributed by atoms with van der Waals surface area (Å²) in [6, 6.07) is 0. The summed E-state index contributed by atoms with van der Waals surface area (Å²) in [4.78, 5) is 12.8. The molecule has 0 bridgehead atoms. The Bertz CT molecular complexity index is 445. The maximum absolute atomic E-state index is 6.10. The zero-order chi connectivity index (χ0) is 14.4. The van der Waals surface area contributed by atoms with Crippen molar-refractivity contribution in [3.05, 3.63) is 15.6 Å². The van der Waals surface area contributed by atoms with Crippen LogP contribution in [-0.2, 0) is 12.8 Å². The highest BCUT2D eigenvalue weighted by atomic mass is 32.1. The Balaban J connectivity index is 1.84. The zero-order valence-corrected chi connectivity index (χ0v) is 13.5. The number of hydrogen-bond acceptors (Lipinski definition) is 3. The Kier molecular flexibility index (Phi) is 5.83. The second-order valence-electron chi connectivity index (χ2n) is 5.36. The fourth-order valence-electron chi connectivity index (χ4n) is 2.59. The molecule has 0 atom stereocenters. The van der Waals surface area contributed by atoms with Crippen molar-refractivity contribution < 1.29 is 0 Å². The molecule has 2 heterocycles. The van der Waals surface area contributed by atoms with Crippen molar-refractivity contribution in [2.24, 2.45) is 10.7 Å². The summed E-state index contributed by atoms with van der Waals surface area (Å²) in [6.07, 6.45) is 7.04. The van der Waals surface area contributed by atoms with Gasteiger partial charge in [-0.05, 0) is 26.2 Å². The van der Waals surface area contributed by atoms with E-state index in [1.165, 1.54) is 41.3 Å². The fourth-order valence-corrected chi connectivity index (χ4v) is 3.60. The van der Waals surface area contributed by atoms with Gasteiger partial charge < -0.3 is 10.6 Å². The van der Waals surface area contributed by atoms with Gasteiger partial charge in [-0.2, -0.15) is 0 Å². The minimum atomic E-state index is 0.718. The Labute approximate surface area is 126 Å². The van der Waals surface area contributed by atoms with Crippen molar-refractivity contribution in [1.29, 1.82) is 0 Å². The molecule has 5 heteroatoms. The van der Waals surface area contributed by atoms with Crippen molar-refractivity contribution in [2.45, 2.75) is 52.4 Å². The van der Waals surface area contributed by atoms with E-state index in [1.54, 1.807) is 11.3 Å². The molecule has 1 aliphatic heterocycles. The minimum absolute atomic E-state index is 0.718. The normalized spacial score (nSPS) is 17.3. The molecule has 0 aliphatic carbocycles. The molecule has 1 aromatic heterocycles. The molecule has 2 N–H and O–H groups in total. The molecule has 112 valence electrons. The van der Waals surface area contributed by atoms with E-state index in [0.717, 1.165) is 38.4 Å². The van der Waals surface area contributed by atoms with Gasteiger partial charge in [0.25, 0.3) is 0 Å². The number of aryl methyl sites for hydroxylation is 2. The quantitative estimate of drug-likeness (QED) is 0.686. The topological polar surface area (TPSA) is 54.5 Å². The highest BCUT2D eigenvalue weighted by Crippen LogP contribution is 2.18. The molecule has 4 nitrogen and oxygen atoms in total. The molecule has 1 saturated heterocycles. The van der Waals surface area contributed by atoms with E-state index < -0.39 is 0 Å². The van der Waals surface area contributed by atoms with E-state index >= 15 is 0 Å². The van der Waals surface area contributed by atoms with Crippen LogP contribution < -0.4 is 5.73 Å². The van der Waals surface area contributed by atoms with E-state index in [-0.39, 0.29) is 0 Å². The third-order valence-corrected chi connectivity index (χ3v) is 4.87. The Hall–Kier alpha value is -1.10. The molecule has 0 amide bonds. The highest BCUT2D eigenvalue weighted by Gasteiger charge is 2.11. The van der Waals surface area contributed by atoms with Gasteiger partial charge in [-0.3, -0.25) is 4.99 Å². The van der Waals surface area contributed by atoms with Gasteiger partial charge >= 0.3 is 0 Å². The molecule has 1 fully saturated rings. The summed E-state index contributed by atoms with van der Waals surface area (Å²) in [5.74, 6) is 0.718. The monoisotopic (exact) mass is 294 g/mol. The summed E-state index contributed by atoms with van der Waals surface area (Å²) in [7, 11) is 0. The number of rotatable bonds is 4. The van der Waals surface area contributed by atoms with Gasteiger partial charge in [0.15, 0.2) is 5.96 Å². The van der Waals surface area contributed by atoms with Crippen LogP contribution in [0.25, 0.3) is 0 Å². The van der Waals surface area contributed by atoms with Crippen molar-refractivity contribution >= 4 is 17.3 Å². The summed E-state index contributed by atoms with van der Waals surface area (Å²) in [5.41, 5.74) is 7.33. The zero-order valence-electron chi connectivity index (χ0n) is 12.7. The van der Waals surface area contributed by atoms with Gasteiger partial charge in [0.05, 0.1) is 10.7 Å². The molecular weight excluding hydrogens is 268 g/mol. The SMILES string of the molecule is CCc1nc(CCN=C(N)N2CCCCCC2)sc1C. The number of aliphatic imine (C=N–C) groups is 1. The van der Waals surface area contributed by atoms with Crippen molar-refractivity contribution in [2.75, 3.05) is 19.6 Å². The maximum atomic E-state index is 6.10. The number of nitrogens with zero attached hydrogens (tertiary/aromatic N) is 3. The molecule has 0 aromatic carbocycles. The van der Waals surface area contributed by atoms with Gasteiger partial charge in [-0.25, -0.2) is 4.98 Å². The first-order valence-electron chi connectivity index (χ1n) is 7.70. The lowest BCUT2D eigenvalue weighted by atomic mass is 10.2. The third-order valence-electron chi connectivity index (χ3n) is 3.80. The molecule has 1 aromatic rings. The molecule has 0 spiro atoms. The largest absolute Gasteiger partial charge is 0.370 e. The second-order valence-corrected chi connectivity index (χ2v) is 6.64. The maximum Gasteiger partial charge on any atom is 0.191 e. The van der Waals surface area contributed by atoms with Crippen LogP contribution in [0, 0.1) is 6.92 Å².